The van der Waals surface area contributed by atoms with E-state index in [1.165, 1.54) is 31.2 Å². The van der Waals surface area contributed by atoms with Gasteiger partial charge in [-0.15, -0.1) is 10.2 Å². The van der Waals surface area contributed by atoms with Crippen LogP contribution in [0.1, 0.15) is 23.1 Å². The minimum Gasteiger partial charge on any atom is -0.419 e. The first-order chi connectivity index (χ1) is 14.8. The van der Waals surface area contributed by atoms with Crippen molar-refractivity contribution >= 4 is 10.0 Å². The Labute approximate surface area is 177 Å². The Morgan fingerprint density at radius 2 is 1.61 bits per heavy atom. The fourth-order valence-electron chi connectivity index (χ4n) is 3.01. The van der Waals surface area contributed by atoms with Crippen molar-refractivity contribution in [1.82, 2.24) is 14.9 Å². The van der Waals surface area contributed by atoms with Crippen LogP contribution in [0.25, 0.3) is 11.5 Å². The number of nitrogens with zero attached hydrogens (tertiary/aromatic N) is 2. The summed E-state index contributed by atoms with van der Waals surface area (Å²) >= 11 is 0. The molecule has 1 heterocycles. The van der Waals surface area contributed by atoms with E-state index < -0.39 is 27.7 Å². The van der Waals surface area contributed by atoms with Crippen LogP contribution in [0, 0.1) is 18.6 Å². The molecule has 4 aromatic rings. The summed E-state index contributed by atoms with van der Waals surface area (Å²) in [6.07, 6.45) is 0. The molecule has 0 aliphatic rings. The monoisotopic (exact) mass is 441 g/mol. The Balaban J connectivity index is 1.76. The van der Waals surface area contributed by atoms with Crippen LogP contribution in [-0.4, -0.2) is 18.6 Å². The van der Waals surface area contributed by atoms with Gasteiger partial charge in [0.1, 0.15) is 17.7 Å². The van der Waals surface area contributed by atoms with Gasteiger partial charge in [-0.3, -0.25) is 0 Å². The van der Waals surface area contributed by atoms with Gasteiger partial charge in [0.25, 0.3) is 0 Å². The van der Waals surface area contributed by atoms with Crippen molar-refractivity contribution in [1.29, 1.82) is 0 Å². The molecule has 9 heteroatoms. The Bertz CT molecular complexity index is 1320. The smallest absolute Gasteiger partial charge is 0.247 e. The number of nitrogens with one attached hydrogen (secondary N) is 1. The van der Waals surface area contributed by atoms with Gasteiger partial charge < -0.3 is 4.42 Å². The van der Waals surface area contributed by atoms with Gasteiger partial charge in [-0.2, -0.15) is 4.72 Å². The summed E-state index contributed by atoms with van der Waals surface area (Å²) in [5.41, 5.74) is 0.799. The number of hydrogen-bond donors (Lipinski definition) is 1. The summed E-state index contributed by atoms with van der Waals surface area (Å²) in [6, 6.07) is 16.7. The maximum Gasteiger partial charge on any atom is 0.247 e. The molecule has 1 aromatic heterocycles. The molecule has 0 aliphatic heterocycles. The zero-order valence-electron chi connectivity index (χ0n) is 16.3. The molecule has 0 saturated heterocycles. The number of hydrogen-bond acceptors (Lipinski definition) is 5. The normalized spacial score (nSPS) is 12.6. The van der Waals surface area contributed by atoms with Crippen molar-refractivity contribution in [3.05, 3.63) is 101 Å². The molecule has 6 nitrogen and oxygen atoms in total. The first-order valence-corrected chi connectivity index (χ1v) is 10.8. The minimum atomic E-state index is -4.18. The quantitative estimate of drug-likeness (QED) is 0.480. The molecular weight excluding hydrogens is 424 g/mol. The molecule has 0 spiro atoms. The second-order valence-electron chi connectivity index (χ2n) is 6.80. The first-order valence-electron chi connectivity index (χ1n) is 9.27. The van der Waals surface area contributed by atoms with E-state index in [4.69, 9.17) is 4.42 Å². The Kier molecular flexibility index (Phi) is 5.62. The van der Waals surface area contributed by atoms with Crippen molar-refractivity contribution in [2.45, 2.75) is 17.9 Å². The van der Waals surface area contributed by atoms with Crippen molar-refractivity contribution in [3.8, 4) is 11.5 Å². The van der Waals surface area contributed by atoms with Gasteiger partial charge in [0.2, 0.25) is 21.8 Å². The van der Waals surface area contributed by atoms with Crippen molar-refractivity contribution in [3.63, 3.8) is 0 Å². The molecule has 0 bridgehead atoms. The number of sulfonamides is 1. The zero-order valence-corrected chi connectivity index (χ0v) is 17.1. The topological polar surface area (TPSA) is 85.1 Å². The highest BCUT2D eigenvalue weighted by Gasteiger charge is 2.29. The maximum atomic E-state index is 14.6. The molecular formula is C22H17F2N3O3S. The summed E-state index contributed by atoms with van der Waals surface area (Å²) < 4.78 is 62.3. The van der Waals surface area contributed by atoms with Gasteiger partial charge in [0.15, 0.2) is 0 Å². The summed E-state index contributed by atoms with van der Waals surface area (Å²) in [5, 5.41) is 7.92. The van der Waals surface area contributed by atoms with Gasteiger partial charge in [-0.1, -0.05) is 36.4 Å². The van der Waals surface area contributed by atoms with Gasteiger partial charge in [0, 0.05) is 11.1 Å². The van der Waals surface area contributed by atoms with Gasteiger partial charge in [-0.05, 0) is 48.9 Å². The molecule has 0 radical (unpaired) electrons. The Morgan fingerprint density at radius 1 is 0.903 bits per heavy atom. The molecule has 1 atom stereocenters. The largest absolute Gasteiger partial charge is 0.419 e. The first kappa shape index (κ1) is 20.8. The summed E-state index contributed by atoms with van der Waals surface area (Å²) in [6.45, 7) is 1.45. The van der Waals surface area contributed by atoms with E-state index in [9.17, 15) is 17.2 Å². The SMILES string of the molecule is Cc1cc(S(=O)(=O)N[C@H](c2nnc(-c3ccccc3)o2)c2ccccc2F)ccc1F. The van der Waals surface area contributed by atoms with Crippen molar-refractivity contribution in [2.24, 2.45) is 0 Å². The second-order valence-corrected chi connectivity index (χ2v) is 8.51. The third-order valence-corrected chi connectivity index (χ3v) is 6.06. The highest BCUT2D eigenvalue weighted by molar-refractivity contribution is 7.89. The fourth-order valence-corrected chi connectivity index (χ4v) is 4.27. The van der Waals surface area contributed by atoms with E-state index in [0.29, 0.717) is 5.56 Å². The van der Waals surface area contributed by atoms with Crippen LogP contribution in [0.2, 0.25) is 0 Å². The second kappa shape index (κ2) is 8.37. The highest BCUT2D eigenvalue weighted by Crippen LogP contribution is 2.28. The van der Waals surface area contributed by atoms with Gasteiger partial charge in [0.05, 0.1) is 4.90 Å². The lowest BCUT2D eigenvalue weighted by Crippen LogP contribution is -2.30. The lowest BCUT2D eigenvalue weighted by Gasteiger charge is -2.17. The molecule has 0 amide bonds. The Morgan fingerprint density at radius 3 is 2.32 bits per heavy atom. The predicted octanol–water partition coefficient (Wildman–Crippen LogP) is 4.39. The van der Waals surface area contributed by atoms with E-state index in [2.05, 4.69) is 14.9 Å². The average Bonchev–Trinajstić information content (AvgIpc) is 3.25. The summed E-state index contributed by atoms with van der Waals surface area (Å²) in [5.74, 6) is -1.15. The molecule has 4 rings (SSSR count). The third-order valence-electron chi connectivity index (χ3n) is 4.64. The molecule has 158 valence electrons. The lowest BCUT2D eigenvalue weighted by molar-refractivity contribution is 0.455. The number of aromatic nitrogens is 2. The lowest BCUT2D eigenvalue weighted by atomic mass is 10.1. The number of halogens is 2. The van der Waals surface area contributed by atoms with Gasteiger partial charge >= 0.3 is 0 Å². The van der Waals surface area contributed by atoms with Crippen LogP contribution in [-0.2, 0) is 10.0 Å². The van der Waals surface area contributed by atoms with Crippen LogP contribution < -0.4 is 4.72 Å². The minimum absolute atomic E-state index is 0.00757. The van der Waals surface area contributed by atoms with E-state index in [1.807, 2.05) is 6.07 Å². The molecule has 31 heavy (non-hydrogen) atoms. The highest BCUT2D eigenvalue weighted by atomic mass is 32.2. The number of benzene rings is 3. The molecule has 1 N–H and O–H groups in total. The van der Waals surface area contributed by atoms with E-state index in [0.717, 1.165) is 12.1 Å². The van der Waals surface area contributed by atoms with Crippen LogP contribution >= 0.6 is 0 Å². The number of aryl methyl sites for hydroxylation is 1. The standard InChI is InChI=1S/C22H17F2N3O3S/c1-14-13-16(11-12-18(14)23)31(28,29)27-20(17-9-5-6-10-19(17)24)22-26-25-21(30-22)15-7-3-2-4-8-15/h2-13,20,27H,1H3/t20-/m0/s1. The third kappa shape index (κ3) is 4.37. The number of rotatable bonds is 6. The van der Waals surface area contributed by atoms with E-state index in [1.54, 1.807) is 30.3 Å². The predicted molar refractivity (Wildman–Crippen MR) is 109 cm³/mol. The average molecular weight is 441 g/mol. The van der Waals surface area contributed by atoms with E-state index >= 15 is 0 Å². The van der Waals surface area contributed by atoms with Crippen molar-refractivity contribution < 1.29 is 21.6 Å². The maximum absolute atomic E-state index is 14.6. The van der Waals surface area contributed by atoms with Crippen LogP contribution in [0.4, 0.5) is 8.78 Å². The van der Waals surface area contributed by atoms with Crippen molar-refractivity contribution in [2.75, 3.05) is 0 Å². The zero-order chi connectivity index (χ0) is 22.0. The summed E-state index contributed by atoms with van der Waals surface area (Å²) in [7, 11) is -4.18. The van der Waals surface area contributed by atoms with E-state index in [-0.39, 0.29) is 27.8 Å². The molecule has 0 saturated carbocycles. The van der Waals surface area contributed by atoms with Gasteiger partial charge in [-0.25, -0.2) is 17.2 Å². The summed E-state index contributed by atoms with van der Waals surface area (Å²) in [4.78, 5) is -0.171. The van der Waals surface area contributed by atoms with Crippen LogP contribution in [0.3, 0.4) is 0 Å². The van der Waals surface area contributed by atoms with Crippen LogP contribution in [0.15, 0.2) is 82.1 Å². The molecule has 0 unspecified atom stereocenters. The molecule has 0 aliphatic carbocycles. The molecule has 3 aromatic carbocycles. The molecule has 0 fully saturated rings. The Hall–Kier alpha value is -3.43. The van der Waals surface area contributed by atoms with Crippen LogP contribution in [0.5, 0.6) is 0 Å². The fraction of sp³-hybridized carbons (Fsp3) is 0.0909.